The molecular formula is C24H29N3O3. The monoisotopic (exact) mass is 407 g/mol. The number of esters is 1. The van der Waals surface area contributed by atoms with E-state index in [1.807, 2.05) is 58.9 Å². The van der Waals surface area contributed by atoms with E-state index in [4.69, 9.17) is 4.74 Å². The number of amides is 1. The van der Waals surface area contributed by atoms with Crippen LogP contribution in [0.3, 0.4) is 0 Å². The van der Waals surface area contributed by atoms with E-state index < -0.39 is 18.5 Å². The van der Waals surface area contributed by atoms with Crippen LogP contribution < -0.4 is 5.32 Å². The van der Waals surface area contributed by atoms with E-state index in [0.717, 1.165) is 46.6 Å². The number of benzene rings is 1. The third-order valence-corrected chi connectivity index (χ3v) is 4.98. The molecule has 0 saturated carbocycles. The van der Waals surface area contributed by atoms with Crippen molar-refractivity contribution in [3.63, 3.8) is 0 Å². The van der Waals surface area contributed by atoms with Crippen molar-refractivity contribution in [2.45, 2.75) is 54.5 Å². The predicted molar refractivity (Wildman–Crippen MR) is 118 cm³/mol. The first-order chi connectivity index (χ1) is 14.2. The summed E-state index contributed by atoms with van der Waals surface area (Å²) in [7, 11) is 0. The minimum absolute atomic E-state index is 0.137. The maximum Gasteiger partial charge on any atom is 0.349 e. The molecule has 1 aromatic heterocycles. The van der Waals surface area contributed by atoms with Crippen molar-refractivity contribution in [3.8, 4) is 6.07 Å². The number of carbonyl (C=O) groups is 2. The zero-order chi connectivity index (χ0) is 22.4. The van der Waals surface area contributed by atoms with Crippen LogP contribution >= 0.6 is 0 Å². The Morgan fingerprint density at radius 2 is 1.77 bits per heavy atom. The third-order valence-electron chi connectivity index (χ3n) is 4.98. The second-order valence-corrected chi connectivity index (χ2v) is 7.55. The molecule has 0 saturated heterocycles. The number of hydrogen-bond donors (Lipinski definition) is 1. The predicted octanol–water partition coefficient (Wildman–Crippen LogP) is 4.53. The highest BCUT2D eigenvalue weighted by Gasteiger charge is 2.16. The zero-order valence-corrected chi connectivity index (χ0v) is 18.5. The number of rotatable bonds is 7. The average Bonchev–Trinajstić information content (AvgIpc) is 2.94. The molecule has 0 aliphatic carbocycles. The standard InChI is InChI=1S/C24H29N3O3/c1-7-8-27-18(5)11-20(19(27)6)12-21(13-25)24(29)30-14-22(28)26-23-16(3)9-15(2)10-17(23)4/h9-12H,7-8,14H2,1-6H3,(H,26,28)/b21-12+. The van der Waals surface area contributed by atoms with Crippen LogP contribution in [0.25, 0.3) is 6.08 Å². The van der Waals surface area contributed by atoms with Gasteiger partial charge in [-0.1, -0.05) is 24.6 Å². The molecule has 6 heteroatoms. The Bertz CT molecular complexity index is 1020. The van der Waals surface area contributed by atoms with E-state index in [1.165, 1.54) is 6.08 Å². The summed E-state index contributed by atoms with van der Waals surface area (Å²) in [6.07, 6.45) is 2.50. The summed E-state index contributed by atoms with van der Waals surface area (Å²) in [5.74, 6) is -1.26. The molecule has 1 heterocycles. The minimum Gasteiger partial charge on any atom is -0.451 e. The molecule has 6 nitrogen and oxygen atoms in total. The summed E-state index contributed by atoms with van der Waals surface area (Å²) >= 11 is 0. The van der Waals surface area contributed by atoms with Gasteiger partial charge in [-0.05, 0) is 69.9 Å². The summed E-state index contributed by atoms with van der Waals surface area (Å²) < 4.78 is 7.23. The van der Waals surface area contributed by atoms with Gasteiger partial charge in [0.05, 0.1) is 0 Å². The molecule has 0 spiro atoms. The van der Waals surface area contributed by atoms with Gasteiger partial charge in [0, 0.05) is 23.6 Å². The van der Waals surface area contributed by atoms with Gasteiger partial charge >= 0.3 is 5.97 Å². The van der Waals surface area contributed by atoms with Crippen molar-refractivity contribution in [1.82, 2.24) is 4.57 Å². The Labute approximate surface area is 178 Å². The van der Waals surface area contributed by atoms with Gasteiger partial charge in [-0.2, -0.15) is 5.26 Å². The van der Waals surface area contributed by atoms with Crippen molar-refractivity contribution >= 4 is 23.6 Å². The molecule has 0 aliphatic heterocycles. The van der Waals surface area contributed by atoms with Crippen LogP contribution in [0.1, 0.15) is 47.0 Å². The number of aromatic nitrogens is 1. The number of carbonyl (C=O) groups excluding carboxylic acids is 2. The van der Waals surface area contributed by atoms with Crippen LogP contribution in [-0.2, 0) is 20.9 Å². The molecule has 1 amide bonds. The third kappa shape index (κ3) is 5.38. The van der Waals surface area contributed by atoms with Crippen LogP contribution in [-0.4, -0.2) is 23.1 Å². The molecule has 2 aromatic rings. The Kier molecular flexibility index (Phi) is 7.60. The summed E-state index contributed by atoms with van der Waals surface area (Å²) in [6.45, 7) is 12.3. The van der Waals surface area contributed by atoms with Crippen molar-refractivity contribution in [2.75, 3.05) is 11.9 Å². The molecular weight excluding hydrogens is 378 g/mol. The van der Waals surface area contributed by atoms with Crippen LogP contribution in [0.5, 0.6) is 0 Å². The lowest BCUT2D eigenvalue weighted by Crippen LogP contribution is -2.22. The molecule has 0 bridgehead atoms. The van der Waals surface area contributed by atoms with Gasteiger partial charge in [-0.15, -0.1) is 0 Å². The largest absolute Gasteiger partial charge is 0.451 e. The first kappa shape index (κ1) is 23.0. The number of anilines is 1. The summed E-state index contributed by atoms with van der Waals surface area (Å²) in [6, 6.07) is 7.76. The summed E-state index contributed by atoms with van der Waals surface area (Å²) in [5.41, 5.74) is 6.40. The highest BCUT2D eigenvalue weighted by atomic mass is 16.5. The topological polar surface area (TPSA) is 84.1 Å². The maximum atomic E-state index is 12.3. The normalized spacial score (nSPS) is 11.2. The lowest BCUT2D eigenvalue weighted by Gasteiger charge is -2.13. The van der Waals surface area contributed by atoms with Gasteiger partial charge < -0.3 is 14.6 Å². The molecule has 158 valence electrons. The fourth-order valence-electron chi connectivity index (χ4n) is 3.60. The van der Waals surface area contributed by atoms with Gasteiger partial charge in [-0.25, -0.2) is 4.79 Å². The molecule has 30 heavy (non-hydrogen) atoms. The lowest BCUT2D eigenvalue weighted by atomic mass is 10.1. The molecule has 1 N–H and O–H groups in total. The lowest BCUT2D eigenvalue weighted by molar-refractivity contribution is -0.142. The molecule has 1 aromatic carbocycles. The zero-order valence-electron chi connectivity index (χ0n) is 18.5. The highest BCUT2D eigenvalue weighted by molar-refractivity contribution is 6.00. The van der Waals surface area contributed by atoms with Gasteiger partial charge in [0.2, 0.25) is 0 Å². The molecule has 0 radical (unpaired) electrons. The second-order valence-electron chi connectivity index (χ2n) is 7.55. The maximum absolute atomic E-state index is 12.3. The van der Waals surface area contributed by atoms with Crippen LogP contribution in [0.15, 0.2) is 23.8 Å². The number of aryl methyl sites for hydroxylation is 4. The number of nitrogens with one attached hydrogen (secondary N) is 1. The number of hydrogen-bond acceptors (Lipinski definition) is 4. The van der Waals surface area contributed by atoms with Gasteiger partial charge in [0.1, 0.15) is 11.6 Å². The van der Waals surface area contributed by atoms with Crippen molar-refractivity contribution in [3.05, 3.63) is 57.4 Å². The van der Waals surface area contributed by atoms with Crippen LogP contribution in [0, 0.1) is 45.9 Å². The molecule has 0 atom stereocenters. The van der Waals surface area contributed by atoms with E-state index in [1.54, 1.807) is 0 Å². The smallest absolute Gasteiger partial charge is 0.349 e. The number of ether oxygens (including phenoxy) is 1. The van der Waals surface area contributed by atoms with Gasteiger partial charge in [0.15, 0.2) is 6.61 Å². The summed E-state index contributed by atoms with van der Waals surface area (Å²) in [4.78, 5) is 24.6. The fourth-order valence-corrected chi connectivity index (χ4v) is 3.60. The Morgan fingerprint density at radius 3 is 2.33 bits per heavy atom. The molecule has 0 aliphatic rings. The summed E-state index contributed by atoms with van der Waals surface area (Å²) in [5, 5.41) is 12.2. The van der Waals surface area contributed by atoms with E-state index in [0.29, 0.717) is 5.69 Å². The number of nitriles is 1. The van der Waals surface area contributed by atoms with Crippen molar-refractivity contribution < 1.29 is 14.3 Å². The fraction of sp³-hybridized carbons (Fsp3) is 0.375. The quantitative estimate of drug-likeness (QED) is 0.415. The first-order valence-electron chi connectivity index (χ1n) is 10.0. The minimum atomic E-state index is -0.815. The van der Waals surface area contributed by atoms with Crippen molar-refractivity contribution in [1.29, 1.82) is 5.26 Å². The Balaban J connectivity index is 2.08. The highest BCUT2D eigenvalue weighted by Crippen LogP contribution is 2.22. The van der Waals surface area contributed by atoms with E-state index in [2.05, 4.69) is 16.8 Å². The van der Waals surface area contributed by atoms with Gasteiger partial charge in [-0.3, -0.25) is 4.79 Å². The Morgan fingerprint density at radius 1 is 1.13 bits per heavy atom. The second kappa shape index (κ2) is 9.93. The first-order valence-corrected chi connectivity index (χ1v) is 10.0. The average molecular weight is 408 g/mol. The van der Waals surface area contributed by atoms with Gasteiger partial charge in [0.25, 0.3) is 5.91 Å². The van der Waals surface area contributed by atoms with E-state index in [9.17, 15) is 14.9 Å². The van der Waals surface area contributed by atoms with Crippen LogP contribution in [0.4, 0.5) is 5.69 Å². The molecule has 0 fully saturated rings. The molecule has 0 unspecified atom stereocenters. The SMILES string of the molecule is CCCn1c(C)cc(/C=C(\C#N)C(=O)OCC(=O)Nc2c(C)cc(C)cc2C)c1C. The van der Waals surface area contributed by atoms with Crippen LogP contribution in [0.2, 0.25) is 0 Å². The van der Waals surface area contributed by atoms with Crippen molar-refractivity contribution in [2.24, 2.45) is 0 Å². The van der Waals surface area contributed by atoms with E-state index in [-0.39, 0.29) is 5.57 Å². The molecule has 2 rings (SSSR count). The van der Waals surface area contributed by atoms with E-state index >= 15 is 0 Å². The Hall–Kier alpha value is -3.33. The number of nitrogens with zero attached hydrogens (tertiary/aromatic N) is 2.